The van der Waals surface area contributed by atoms with E-state index in [1.165, 1.54) is 17.2 Å². The number of rotatable bonds is 5. The summed E-state index contributed by atoms with van der Waals surface area (Å²) < 4.78 is 19.7. The predicted molar refractivity (Wildman–Crippen MR) is 127 cm³/mol. The lowest BCUT2D eigenvalue weighted by atomic mass is 10.0. The summed E-state index contributed by atoms with van der Waals surface area (Å²) in [5.41, 5.74) is 2.40. The Morgan fingerprint density at radius 1 is 1.22 bits per heavy atom. The van der Waals surface area contributed by atoms with Gasteiger partial charge in [0, 0.05) is 37.2 Å². The summed E-state index contributed by atoms with van der Waals surface area (Å²) in [6, 6.07) is 6.04. The van der Waals surface area contributed by atoms with Crippen molar-refractivity contribution < 1.29 is 28.3 Å². The number of aromatic nitrogens is 1. The third-order valence-corrected chi connectivity index (χ3v) is 6.89. The van der Waals surface area contributed by atoms with Crippen LogP contribution in [0.1, 0.15) is 54.1 Å². The zero-order valence-electron chi connectivity index (χ0n) is 19.8. The number of fused-ring (bicyclic) bond motifs is 1. The fraction of sp³-hybridized carbons (Fsp3) is 0.400. The first kappa shape index (κ1) is 23.7. The molecule has 188 valence electrons. The number of carbonyl (C=O) groups is 4. The minimum absolute atomic E-state index is 0.143. The molecule has 0 bridgehead atoms. The van der Waals surface area contributed by atoms with E-state index in [1.54, 1.807) is 18.2 Å². The summed E-state index contributed by atoms with van der Waals surface area (Å²) in [5, 5.41) is 4.59. The number of piperidine rings is 1. The molecule has 11 heteroatoms. The van der Waals surface area contributed by atoms with Crippen LogP contribution in [0.5, 0.6) is 0 Å². The lowest BCUT2D eigenvalue weighted by molar-refractivity contribution is -0.136. The van der Waals surface area contributed by atoms with Crippen molar-refractivity contribution in [2.24, 2.45) is 0 Å². The highest BCUT2D eigenvalue weighted by atomic mass is 19.1. The van der Waals surface area contributed by atoms with Gasteiger partial charge in [-0.3, -0.25) is 25.0 Å². The molecule has 2 N–H and O–H groups in total. The highest BCUT2D eigenvalue weighted by Gasteiger charge is 2.39. The summed E-state index contributed by atoms with van der Waals surface area (Å²) in [6.45, 7) is 3.04. The van der Waals surface area contributed by atoms with E-state index in [1.807, 2.05) is 0 Å². The fourth-order valence-corrected chi connectivity index (χ4v) is 4.97. The highest BCUT2D eigenvalue weighted by Crippen LogP contribution is 2.29. The van der Waals surface area contributed by atoms with Gasteiger partial charge in [0.25, 0.3) is 5.91 Å². The van der Waals surface area contributed by atoms with Crippen LogP contribution >= 0.6 is 0 Å². The van der Waals surface area contributed by atoms with Crippen LogP contribution in [-0.2, 0) is 27.5 Å². The van der Waals surface area contributed by atoms with Gasteiger partial charge in [-0.1, -0.05) is 12.1 Å². The minimum Gasteiger partial charge on any atom is -0.444 e. The number of nitrogens with zero attached hydrogens (tertiary/aromatic N) is 3. The lowest BCUT2D eigenvalue weighted by Crippen LogP contribution is -2.52. The fourth-order valence-electron chi connectivity index (χ4n) is 4.97. The number of anilines is 2. The van der Waals surface area contributed by atoms with E-state index in [4.69, 9.17) is 4.74 Å². The number of nitrogens with one attached hydrogen (secondary N) is 2. The Bertz CT molecular complexity index is 1250. The van der Waals surface area contributed by atoms with Gasteiger partial charge in [-0.2, -0.15) is 0 Å². The lowest BCUT2D eigenvalue weighted by Gasteiger charge is -2.29. The van der Waals surface area contributed by atoms with Crippen LogP contribution in [0.2, 0.25) is 0 Å². The topological polar surface area (TPSA) is 121 Å². The van der Waals surface area contributed by atoms with Crippen molar-refractivity contribution in [3.05, 3.63) is 53.0 Å². The van der Waals surface area contributed by atoms with Crippen molar-refractivity contribution in [3.8, 4) is 0 Å². The van der Waals surface area contributed by atoms with Crippen molar-refractivity contribution in [2.75, 3.05) is 16.8 Å². The van der Waals surface area contributed by atoms with Crippen molar-refractivity contribution >= 4 is 35.3 Å². The second-order valence-corrected chi connectivity index (χ2v) is 9.30. The van der Waals surface area contributed by atoms with Gasteiger partial charge >= 0.3 is 6.09 Å². The molecule has 0 aliphatic carbocycles. The molecule has 3 aliphatic rings. The highest BCUT2D eigenvalue weighted by molar-refractivity contribution is 6.05. The van der Waals surface area contributed by atoms with Crippen LogP contribution in [0.15, 0.2) is 30.5 Å². The second-order valence-electron chi connectivity index (χ2n) is 9.30. The van der Waals surface area contributed by atoms with E-state index in [0.29, 0.717) is 22.9 Å². The summed E-state index contributed by atoms with van der Waals surface area (Å²) in [7, 11) is 0. The van der Waals surface area contributed by atoms with E-state index in [-0.39, 0.29) is 43.6 Å². The maximum Gasteiger partial charge on any atom is 0.413 e. The number of carbonyl (C=O) groups excluding carboxylic acids is 4. The Labute approximate surface area is 206 Å². The maximum absolute atomic E-state index is 14.5. The van der Waals surface area contributed by atoms with Crippen LogP contribution in [0.3, 0.4) is 0 Å². The number of benzene rings is 1. The van der Waals surface area contributed by atoms with E-state index in [9.17, 15) is 23.6 Å². The molecule has 2 atom stereocenters. The van der Waals surface area contributed by atoms with Gasteiger partial charge in [0.05, 0.1) is 11.9 Å². The third-order valence-electron chi connectivity index (χ3n) is 6.89. The predicted octanol–water partition coefficient (Wildman–Crippen LogP) is 2.72. The SMILES string of the molecule is C[C@@H]1CCCN1c1cnc(NC(=O)OCc2ccc3c(c2)C(=O)N(C2CCC(=O)NC2=O)C3)c(F)c1. The molecule has 0 saturated carbocycles. The first-order valence-electron chi connectivity index (χ1n) is 11.9. The van der Waals surface area contributed by atoms with Crippen LogP contribution < -0.4 is 15.5 Å². The zero-order valence-corrected chi connectivity index (χ0v) is 19.8. The summed E-state index contributed by atoms with van der Waals surface area (Å²) >= 11 is 0. The summed E-state index contributed by atoms with van der Waals surface area (Å²) in [4.78, 5) is 56.3. The number of hydrogen-bond donors (Lipinski definition) is 2. The van der Waals surface area contributed by atoms with Crippen molar-refractivity contribution in [1.29, 1.82) is 0 Å². The minimum atomic E-state index is -0.874. The Balaban J connectivity index is 1.18. The molecule has 3 aliphatic heterocycles. The van der Waals surface area contributed by atoms with Gasteiger partial charge in [0.15, 0.2) is 11.6 Å². The Kier molecular flexibility index (Phi) is 6.29. The molecule has 2 aromatic rings. The molecule has 4 heterocycles. The molecule has 36 heavy (non-hydrogen) atoms. The first-order chi connectivity index (χ1) is 17.3. The van der Waals surface area contributed by atoms with E-state index in [2.05, 4.69) is 27.4 Å². The van der Waals surface area contributed by atoms with Crippen molar-refractivity contribution in [2.45, 2.75) is 57.8 Å². The van der Waals surface area contributed by atoms with E-state index in [0.717, 1.165) is 24.9 Å². The van der Waals surface area contributed by atoms with E-state index < -0.39 is 23.9 Å². The van der Waals surface area contributed by atoms with Gasteiger partial charge < -0.3 is 14.5 Å². The summed E-state index contributed by atoms with van der Waals surface area (Å²) in [5.74, 6) is -2.01. The maximum atomic E-state index is 14.5. The Morgan fingerprint density at radius 3 is 2.78 bits per heavy atom. The number of amides is 4. The molecule has 5 rings (SSSR count). The summed E-state index contributed by atoms with van der Waals surface area (Å²) in [6.07, 6.45) is 3.19. The molecule has 1 unspecified atom stereocenters. The number of ether oxygens (including phenoxy) is 1. The number of imide groups is 1. The molecular formula is C25H26FN5O5. The molecule has 4 amide bonds. The molecule has 2 saturated heterocycles. The number of pyridine rings is 1. The normalized spacial score (nSPS) is 21.4. The molecule has 10 nitrogen and oxygen atoms in total. The van der Waals surface area contributed by atoms with Crippen LogP contribution in [0.25, 0.3) is 0 Å². The molecule has 2 fully saturated rings. The molecule has 0 radical (unpaired) electrons. The molecule has 0 spiro atoms. The monoisotopic (exact) mass is 495 g/mol. The average Bonchev–Trinajstić information content (AvgIpc) is 3.42. The van der Waals surface area contributed by atoms with Crippen molar-refractivity contribution in [3.63, 3.8) is 0 Å². The van der Waals surface area contributed by atoms with Crippen LogP contribution in [0.4, 0.5) is 20.7 Å². The molecular weight excluding hydrogens is 469 g/mol. The average molecular weight is 496 g/mol. The van der Waals surface area contributed by atoms with Crippen molar-refractivity contribution in [1.82, 2.24) is 15.2 Å². The van der Waals surface area contributed by atoms with Gasteiger partial charge in [-0.25, -0.2) is 14.2 Å². The Hall–Kier alpha value is -4.02. The number of hydrogen-bond acceptors (Lipinski definition) is 7. The standard InChI is InChI=1S/C25H26FN5O5/c1-14-3-2-8-30(14)17-10-19(26)22(27-11-17)29-25(35)36-13-15-4-5-16-12-31(24(34)18(16)9-15)20-6-7-21(32)28-23(20)33/h4-5,9-11,14,20H,2-3,6-8,12-13H2,1H3,(H,27,29,35)(H,28,32,33)/t14-,20?/m1/s1. The van der Waals surface area contributed by atoms with Gasteiger partial charge in [-0.15, -0.1) is 0 Å². The molecule has 1 aromatic heterocycles. The quantitative estimate of drug-likeness (QED) is 0.612. The van der Waals surface area contributed by atoms with Gasteiger partial charge in [0.1, 0.15) is 12.6 Å². The smallest absolute Gasteiger partial charge is 0.413 e. The molecule has 1 aromatic carbocycles. The van der Waals surface area contributed by atoms with Crippen LogP contribution in [-0.4, -0.2) is 52.3 Å². The van der Waals surface area contributed by atoms with Gasteiger partial charge in [0.2, 0.25) is 11.8 Å². The Morgan fingerprint density at radius 2 is 2.06 bits per heavy atom. The largest absolute Gasteiger partial charge is 0.444 e. The zero-order chi connectivity index (χ0) is 25.4. The number of halogens is 1. The van der Waals surface area contributed by atoms with Gasteiger partial charge in [-0.05, 0) is 43.4 Å². The van der Waals surface area contributed by atoms with E-state index >= 15 is 0 Å². The second kappa shape index (κ2) is 9.56. The first-order valence-corrected chi connectivity index (χ1v) is 11.9. The third kappa shape index (κ3) is 4.60. The van der Waals surface area contributed by atoms with Crippen LogP contribution in [0, 0.1) is 5.82 Å².